The third-order valence-corrected chi connectivity index (χ3v) is 3.68. The van der Waals surface area contributed by atoms with Gasteiger partial charge in [0.1, 0.15) is 0 Å². The zero-order valence-electron chi connectivity index (χ0n) is 9.66. The lowest BCUT2D eigenvalue weighted by Crippen LogP contribution is -2.45. The molecule has 1 aromatic heterocycles. The fourth-order valence-corrected chi connectivity index (χ4v) is 2.86. The van der Waals surface area contributed by atoms with Gasteiger partial charge in [-0.3, -0.25) is 9.69 Å². The predicted octanol–water partition coefficient (Wildman–Crippen LogP) is 1.01. The second-order valence-corrected chi connectivity index (χ2v) is 5.15. The lowest BCUT2D eigenvalue weighted by Gasteiger charge is -2.32. The van der Waals surface area contributed by atoms with Crippen LogP contribution in [0, 0.1) is 0 Å². The molecule has 1 aliphatic heterocycles. The van der Waals surface area contributed by atoms with E-state index in [4.69, 9.17) is 0 Å². The Morgan fingerprint density at radius 1 is 1.69 bits per heavy atom. The van der Waals surface area contributed by atoms with Gasteiger partial charge >= 0.3 is 4.87 Å². The number of nitrogens with zero attached hydrogens (tertiary/aromatic N) is 1. The second-order valence-electron chi connectivity index (χ2n) is 4.31. The Labute approximate surface area is 99.7 Å². The predicted molar refractivity (Wildman–Crippen MR) is 66.9 cm³/mol. The maximum absolute atomic E-state index is 11.0. The molecule has 2 N–H and O–H groups in total. The number of aromatic amines is 1. The van der Waals surface area contributed by atoms with E-state index in [1.165, 1.54) is 24.2 Å². The van der Waals surface area contributed by atoms with E-state index in [9.17, 15) is 4.79 Å². The standard InChI is InChI=1S/C11H19N3OS/c1-2-12-9-4-3-5-14(6-9)7-10-8-16-11(15)13-10/h8-9,12H,2-7H2,1H3,(H,13,15). The van der Waals surface area contributed by atoms with E-state index in [0.717, 1.165) is 31.9 Å². The van der Waals surface area contributed by atoms with Gasteiger partial charge in [0.25, 0.3) is 0 Å². The van der Waals surface area contributed by atoms with E-state index < -0.39 is 0 Å². The highest BCUT2D eigenvalue weighted by atomic mass is 32.1. The monoisotopic (exact) mass is 241 g/mol. The minimum Gasteiger partial charge on any atom is -0.315 e. The molecule has 5 heteroatoms. The molecule has 1 unspecified atom stereocenters. The Morgan fingerprint density at radius 2 is 2.56 bits per heavy atom. The number of likely N-dealkylation sites (tertiary alicyclic amines) is 1. The zero-order valence-corrected chi connectivity index (χ0v) is 10.5. The number of hydrogen-bond acceptors (Lipinski definition) is 4. The summed E-state index contributed by atoms with van der Waals surface area (Å²) in [6.45, 7) is 6.29. The van der Waals surface area contributed by atoms with Gasteiger partial charge in [0.15, 0.2) is 0 Å². The number of likely N-dealkylation sites (N-methyl/N-ethyl adjacent to an activating group) is 1. The van der Waals surface area contributed by atoms with E-state index in [1.54, 1.807) is 0 Å². The van der Waals surface area contributed by atoms with E-state index >= 15 is 0 Å². The third kappa shape index (κ3) is 3.17. The van der Waals surface area contributed by atoms with Gasteiger partial charge in [-0.15, -0.1) is 0 Å². The fourth-order valence-electron chi connectivity index (χ4n) is 2.29. The summed E-state index contributed by atoms with van der Waals surface area (Å²) in [4.78, 5) is 16.4. The Morgan fingerprint density at radius 3 is 3.25 bits per heavy atom. The fraction of sp³-hybridized carbons (Fsp3) is 0.727. The van der Waals surface area contributed by atoms with E-state index in [0.29, 0.717) is 6.04 Å². The molecule has 2 heterocycles. The van der Waals surface area contributed by atoms with Gasteiger partial charge in [-0.25, -0.2) is 0 Å². The van der Waals surface area contributed by atoms with Crippen molar-refractivity contribution in [2.45, 2.75) is 32.4 Å². The highest BCUT2D eigenvalue weighted by Crippen LogP contribution is 2.12. The first-order valence-electron chi connectivity index (χ1n) is 5.90. The van der Waals surface area contributed by atoms with Gasteiger partial charge in [-0.2, -0.15) is 0 Å². The van der Waals surface area contributed by atoms with Gasteiger partial charge in [-0.1, -0.05) is 18.3 Å². The van der Waals surface area contributed by atoms with Gasteiger partial charge in [0, 0.05) is 30.2 Å². The molecule has 0 amide bonds. The Balaban J connectivity index is 1.87. The van der Waals surface area contributed by atoms with E-state index in [-0.39, 0.29) is 4.87 Å². The number of H-pyrrole nitrogens is 1. The van der Waals surface area contributed by atoms with E-state index in [1.807, 2.05) is 5.38 Å². The summed E-state index contributed by atoms with van der Waals surface area (Å²) < 4.78 is 0. The molecule has 0 aromatic carbocycles. The summed E-state index contributed by atoms with van der Waals surface area (Å²) in [5.41, 5.74) is 1.05. The molecule has 4 nitrogen and oxygen atoms in total. The van der Waals surface area contributed by atoms with Crippen molar-refractivity contribution in [2.24, 2.45) is 0 Å². The van der Waals surface area contributed by atoms with Crippen LogP contribution in [0.3, 0.4) is 0 Å². The zero-order chi connectivity index (χ0) is 11.4. The Bertz CT molecular complexity index is 371. The van der Waals surface area contributed by atoms with Crippen molar-refractivity contribution in [3.63, 3.8) is 0 Å². The van der Waals surface area contributed by atoms with E-state index in [2.05, 4.69) is 22.1 Å². The maximum Gasteiger partial charge on any atom is 0.304 e. The molecule has 1 aliphatic rings. The number of piperidine rings is 1. The van der Waals surface area contributed by atoms with Crippen LogP contribution in [-0.4, -0.2) is 35.6 Å². The summed E-state index contributed by atoms with van der Waals surface area (Å²) in [7, 11) is 0. The molecular weight excluding hydrogens is 222 g/mol. The van der Waals surface area contributed by atoms with Gasteiger partial charge in [-0.05, 0) is 25.9 Å². The third-order valence-electron chi connectivity index (χ3n) is 2.96. The molecule has 2 rings (SSSR count). The highest BCUT2D eigenvalue weighted by Gasteiger charge is 2.19. The molecule has 1 fully saturated rings. The van der Waals surface area contributed by atoms with Gasteiger partial charge < -0.3 is 10.3 Å². The summed E-state index contributed by atoms with van der Waals surface area (Å²) in [6, 6.07) is 0.615. The number of nitrogens with one attached hydrogen (secondary N) is 2. The van der Waals surface area contributed by atoms with Crippen molar-refractivity contribution in [3.8, 4) is 0 Å². The minimum absolute atomic E-state index is 0.0512. The molecule has 1 saturated heterocycles. The molecule has 90 valence electrons. The highest BCUT2D eigenvalue weighted by molar-refractivity contribution is 7.07. The first-order chi connectivity index (χ1) is 7.78. The smallest absolute Gasteiger partial charge is 0.304 e. The van der Waals surface area contributed by atoms with Gasteiger partial charge in [0.2, 0.25) is 0 Å². The van der Waals surface area contributed by atoms with Crippen molar-refractivity contribution < 1.29 is 0 Å². The van der Waals surface area contributed by atoms with Crippen molar-refractivity contribution in [1.82, 2.24) is 15.2 Å². The summed E-state index contributed by atoms with van der Waals surface area (Å²) in [6.07, 6.45) is 2.51. The van der Waals surface area contributed by atoms with Crippen LogP contribution in [0.2, 0.25) is 0 Å². The molecule has 1 atom stereocenters. The van der Waals surface area contributed by atoms with Crippen molar-refractivity contribution >= 4 is 11.3 Å². The molecule has 0 aliphatic carbocycles. The molecular formula is C11H19N3OS. The minimum atomic E-state index is 0.0512. The van der Waals surface area contributed by atoms with Crippen LogP contribution in [-0.2, 0) is 6.54 Å². The maximum atomic E-state index is 11.0. The van der Waals surface area contributed by atoms with Crippen LogP contribution in [0.25, 0.3) is 0 Å². The molecule has 0 spiro atoms. The first-order valence-corrected chi connectivity index (χ1v) is 6.78. The van der Waals surface area contributed by atoms with Crippen LogP contribution >= 0.6 is 11.3 Å². The topological polar surface area (TPSA) is 48.1 Å². The number of thiazole rings is 1. The van der Waals surface area contributed by atoms with Crippen molar-refractivity contribution in [3.05, 3.63) is 20.7 Å². The quantitative estimate of drug-likeness (QED) is 0.827. The van der Waals surface area contributed by atoms with Crippen molar-refractivity contribution in [1.29, 1.82) is 0 Å². The second kappa shape index (κ2) is 5.61. The summed E-state index contributed by atoms with van der Waals surface area (Å²) in [5, 5.41) is 5.42. The van der Waals surface area contributed by atoms with Crippen LogP contribution in [0.15, 0.2) is 10.2 Å². The Kier molecular flexibility index (Phi) is 4.15. The van der Waals surface area contributed by atoms with Crippen LogP contribution in [0.5, 0.6) is 0 Å². The van der Waals surface area contributed by atoms with Gasteiger partial charge in [0.05, 0.1) is 0 Å². The molecule has 1 aromatic rings. The summed E-state index contributed by atoms with van der Waals surface area (Å²) >= 11 is 1.25. The lowest BCUT2D eigenvalue weighted by atomic mass is 10.1. The van der Waals surface area contributed by atoms with Crippen LogP contribution in [0.1, 0.15) is 25.5 Å². The molecule has 0 saturated carbocycles. The Hall–Kier alpha value is -0.650. The average molecular weight is 241 g/mol. The number of rotatable bonds is 4. The van der Waals surface area contributed by atoms with Crippen LogP contribution in [0.4, 0.5) is 0 Å². The molecule has 0 bridgehead atoms. The number of aromatic nitrogens is 1. The van der Waals surface area contributed by atoms with Crippen molar-refractivity contribution in [2.75, 3.05) is 19.6 Å². The molecule has 16 heavy (non-hydrogen) atoms. The number of hydrogen-bond donors (Lipinski definition) is 2. The largest absolute Gasteiger partial charge is 0.315 e. The SMILES string of the molecule is CCNC1CCCN(Cc2csc(=O)[nH]2)C1. The molecule has 0 radical (unpaired) electrons. The first kappa shape index (κ1) is 11.8. The average Bonchev–Trinajstić information content (AvgIpc) is 2.65. The normalized spacial score (nSPS) is 22.4. The van der Waals surface area contributed by atoms with Crippen LogP contribution < -0.4 is 10.2 Å². The lowest BCUT2D eigenvalue weighted by molar-refractivity contribution is 0.183. The summed E-state index contributed by atoms with van der Waals surface area (Å²) in [5.74, 6) is 0.